The van der Waals surface area contributed by atoms with E-state index < -0.39 is 5.97 Å². The number of carbonyl (C=O) groups excluding carboxylic acids is 1. The molecule has 0 radical (unpaired) electrons. The maximum absolute atomic E-state index is 11.4. The van der Waals surface area contributed by atoms with Crippen molar-refractivity contribution in [1.82, 2.24) is 9.97 Å². The molecular weight excluding hydrogens is 254 g/mol. The minimum Gasteiger partial charge on any atom is -0.506 e. The van der Waals surface area contributed by atoms with Crippen molar-refractivity contribution in [2.75, 3.05) is 19.5 Å². The van der Waals surface area contributed by atoms with E-state index in [-0.39, 0.29) is 10.6 Å². The predicted octanol–water partition coefficient (Wildman–Crippen LogP) is 1.74. The number of anilines is 1. The Morgan fingerprint density at radius 2 is 2.33 bits per heavy atom. The quantitative estimate of drug-likeness (QED) is 0.822. The van der Waals surface area contributed by atoms with Gasteiger partial charge in [0.2, 0.25) is 5.95 Å². The van der Waals surface area contributed by atoms with E-state index in [2.05, 4.69) is 20.0 Å². The van der Waals surface area contributed by atoms with Crippen LogP contribution in [0, 0.1) is 0 Å². The molecule has 18 heavy (non-hydrogen) atoms. The number of carbonyl (C=O) groups is 1. The molecule has 0 amide bonds. The van der Waals surface area contributed by atoms with Crippen LogP contribution in [0.4, 0.5) is 5.95 Å². The fourth-order valence-electron chi connectivity index (χ4n) is 1.36. The molecule has 0 aromatic carbocycles. The molecule has 2 rings (SSSR count). The highest BCUT2D eigenvalue weighted by Crippen LogP contribution is 2.35. The van der Waals surface area contributed by atoms with Crippen LogP contribution in [0.1, 0.15) is 9.67 Å². The largest absolute Gasteiger partial charge is 0.506 e. The van der Waals surface area contributed by atoms with Crippen LogP contribution in [-0.2, 0) is 4.74 Å². The molecule has 0 unspecified atom stereocenters. The van der Waals surface area contributed by atoms with E-state index in [0.717, 1.165) is 11.3 Å². The van der Waals surface area contributed by atoms with Gasteiger partial charge >= 0.3 is 5.97 Å². The molecule has 0 aliphatic rings. The van der Waals surface area contributed by atoms with Gasteiger partial charge in [-0.05, 0) is 6.07 Å². The summed E-state index contributed by atoms with van der Waals surface area (Å²) in [7, 11) is 2.98. The summed E-state index contributed by atoms with van der Waals surface area (Å²) in [4.78, 5) is 20.4. The predicted molar refractivity (Wildman–Crippen MR) is 67.9 cm³/mol. The number of ether oxygens (including phenoxy) is 1. The lowest BCUT2D eigenvalue weighted by Crippen LogP contribution is -1.97. The normalized spacial score (nSPS) is 10.1. The molecule has 2 heterocycles. The number of thiophene rings is 1. The third-order valence-electron chi connectivity index (χ3n) is 2.21. The lowest BCUT2D eigenvalue weighted by molar-refractivity contribution is 0.0603. The van der Waals surface area contributed by atoms with Gasteiger partial charge < -0.3 is 15.2 Å². The number of nitrogens with zero attached hydrogens (tertiary/aromatic N) is 2. The molecule has 0 spiro atoms. The molecule has 0 bridgehead atoms. The van der Waals surface area contributed by atoms with E-state index in [1.807, 2.05) is 0 Å². The number of nitrogens with one attached hydrogen (secondary N) is 1. The van der Waals surface area contributed by atoms with Gasteiger partial charge in [0, 0.05) is 19.3 Å². The highest BCUT2D eigenvalue weighted by molar-refractivity contribution is 7.17. The van der Waals surface area contributed by atoms with Crippen LogP contribution in [0.2, 0.25) is 0 Å². The molecule has 0 atom stereocenters. The second kappa shape index (κ2) is 5.01. The van der Waals surface area contributed by atoms with Crippen molar-refractivity contribution in [3.63, 3.8) is 0 Å². The van der Waals surface area contributed by atoms with Crippen molar-refractivity contribution < 1.29 is 14.6 Å². The van der Waals surface area contributed by atoms with E-state index in [4.69, 9.17) is 0 Å². The fourth-order valence-corrected chi connectivity index (χ4v) is 2.30. The molecule has 94 valence electrons. The summed E-state index contributed by atoms with van der Waals surface area (Å²) >= 11 is 1.12. The summed E-state index contributed by atoms with van der Waals surface area (Å²) in [6, 6.07) is 3.19. The highest BCUT2D eigenvalue weighted by Gasteiger charge is 2.17. The van der Waals surface area contributed by atoms with Crippen LogP contribution in [0.3, 0.4) is 0 Å². The molecule has 0 fully saturated rings. The van der Waals surface area contributed by atoms with Gasteiger partial charge in [-0.2, -0.15) is 0 Å². The Hall–Kier alpha value is -2.15. The Bertz CT molecular complexity index is 583. The molecule has 0 aliphatic heterocycles. The molecule has 2 N–H and O–H groups in total. The van der Waals surface area contributed by atoms with Crippen molar-refractivity contribution in [3.8, 4) is 16.3 Å². The summed E-state index contributed by atoms with van der Waals surface area (Å²) in [5, 5.41) is 12.5. The smallest absolute Gasteiger partial charge is 0.351 e. The molecule has 0 saturated carbocycles. The minimum absolute atomic E-state index is 0.105. The molecule has 0 saturated heterocycles. The third-order valence-corrected chi connectivity index (χ3v) is 3.34. The Kier molecular flexibility index (Phi) is 3.42. The molecule has 0 aliphatic carbocycles. The molecule has 2 aromatic rings. The monoisotopic (exact) mass is 265 g/mol. The van der Waals surface area contributed by atoms with Gasteiger partial charge in [0.15, 0.2) is 4.88 Å². The van der Waals surface area contributed by atoms with Crippen LogP contribution < -0.4 is 5.32 Å². The van der Waals surface area contributed by atoms with E-state index in [1.54, 1.807) is 19.3 Å². The zero-order chi connectivity index (χ0) is 13.1. The zero-order valence-corrected chi connectivity index (χ0v) is 10.6. The molecule has 7 heteroatoms. The van der Waals surface area contributed by atoms with Crippen LogP contribution in [-0.4, -0.2) is 35.2 Å². The first-order chi connectivity index (χ1) is 8.65. The van der Waals surface area contributed by atoms with Crippen molar-refractivity contribution in [1.29, 1.82) is 0 Å². The fraction of sp³-hybridized carbons (Fsp3) is 0.182. The lowest BCUT2D eigenvalue weighted by Gasteiger charge is -1.99. The number of aromatic nitrogens is 2. The van der Waals surface area contributed by atoms with Crippen molar-refractivity contribution in [2.45, 2.75) is 0 Å². The summed E-state index contributed by atoms with van der Waals surface area (Å²) in [6.07, 6.45) is 1.60. The van der Waals surface area contributed by atoms with Crippen molar-refractivity contribution in [2.24, 2.45) is 0 Å². The van der Waals surface area contributed by atoms with Crippen LogP contribution in [0.5, 0.6) is 5.75 Å². The van der Waals surface area contributed by atoms with E-state index in [9.17, 15) is 9.90 Å². The number of hydrogen-bond donors (Lipinski definition) is 2. The lowest BCUT2D eigenvalue weighted by atomic mass is 10.3. The van der Waals surface area contributed by atoms with Gasteiger partial charge in [0.05, 0.1) is 17.7 Å². The summed E-state index contributed by atoms with van der Waals surface area (Å²) in [5.74, 6) is -0.196. The number of esters is 1. The Balaban J connectivity index is 2.42. The van der Waals surface area contributed by atoms with Gasteiger partial charge in [-0.15, -0.1) is 11.3 Å². The molecule has 2 aromatic heterocycles. The zero-order valence-electron chi connectivity index (χ0n) is 9.80. The summed E-state index contributed by atoms with van der Waals surface area (Å²) in [5.41, 5.74) is 0.629. The van der Waals surface area contributed by atoms with Crippen LogP contribution in [0.15, 0.2) is 18.3 Å². The summed E-state index contributed by atoms with van der Waals surface area (Å²) in [6.45, 7) is 0. The average Bonchev–Trinajstić information content (AvgIpc) is 2.80. The third kappa shape index (κ3) is 2.25. The van der Waals surface area contributed by atoms with E-state index in [0.29, 0.717) is 16.5 Å². The molecular formula is C11H11N3O3S. The minimum atomic E-state index is -0.563. The van der Waals surface area contributed by atoms with Crippen molar-refractivity contribution >= 4 is 23.3 Å². The van der Waals surface area contributed by atoms with Gasteiger partial charge in [0.1, 0.15) is 5.75 Å². The molecule has 6 nitrogen and oxygen atoms in total. The van der Waals surface area contributed by atoms with Gasteiger partial charge in [-0.25, -0.2) is 14.8 Å². The maximum atomic E-state index is 11.4. The summed E-state index contributed by atoms with van der Waals surface area (Å²) < 4.78 is 4.58. The first-order valence-electron chi connectivity index (χ1n) is 5.08. The van der Waals surface area contributed by atoms with Crippen LogP contribution >= 0.6 is 11.3 Å². The number of hydrogen-bond acceptors (Lipinski definition) is 7. The number of aromatic hydroxyl groups is 1. The second-order valence-electron chi connectivity index (χ2n) is 3.33. The Morgan fingerprint density at radius 3 is 3.00 bits per heavy atom. The maximum Gasteiger partial charge on any atom is 0.351 e. The van der Waals surface area contributed by atoms with Gasteiger partial charge in [-0.3, -0.25) is 0 Å². The van der Waals surface area contributed by atoms with Gasteiger partial charge in [-0.1, -0.05) is 0 Å². The average molecular weight is 265 g/mol. The topological polar surface area (TPSA) is 84.3 Å². The number of rotatable bonds is 3. The Labute approximate surface area is 107 Å². The van der Waals surface area contributed by atoms with Gasteiger partial charge in [0.25, 0.3) is 0 Å². The van der Waals surface area contributed by atoms with Crippen LogP contribution in [0.25, 0.3) is 10.6 Å². The number of methoxy groups -OCH3 is 1. The van der Waals surface area contributed by atoms with Crippen molar-refractivity contribution in [3.05, 3.63) is 23.2 Å². The van der Waals surface area contributed by atoms with E-state index >= 15 is 0 Å². The second-order valence-corrected chi connectivity index (χ2v) is 4.38. The SMILES string of the molecule is CNc1nccc(-c2cc(O)c(C(=O)OC)s2)n1. The first kappa shape index (κ1) is 12.3. The standard InChI is InChI=1S/C11H11N3O3S/c1-12-11-13-4-3-6(14-11)8-5-7(15)9(18-8)10(16)17-2/h3-5,15H,1-2H3,(H,12,13,14). The Morgan fingerprint density at radius 1 is 1.56 bits per heavy atom. The highest BCUT2D eigenvalue weighted by atomic mass is 32.1. The van der Waals surface area contributed by atoms with E-state index in [1.165, 1.54) is 13.2 Å². The first-order valence-corrected chi connectivity index (χ1v) is 5.89.